The third kappa shape index (κ3) is 3.22. The van der Waals surface area contributed by atoms with Gasteiger partial charge in [0, 0.05) is 16.3 Å². The summed E-state index contributed by atoms with van der Waals surface area (Å²) < 4.78 is 32.2. The summed E-state index contributed by atoms with van der Waals surface area (Å²) in [7, 11) is -4.21. The van der Waals surface area contributed by atoms with E-state index in [-0.39, 0.29) is 4.90 Å². The summed E-state index contributed by atoms with van der Waals surface area (Å²) in [5, 5.41) is 0. The number of hydrogen-bond donors (Lipinski definition) is 1. The number of benzene rings is 2. The van der Waals surface area contributed by atoms with Crippen LogP contribution in [0.2, 0.25) is 0 Å². The lowest BCUT2D eigenvalue weighted by molar-refractivity contribution is 0.483. The van der Waals surface area contributed by atoms with E-state index in [2.05, 4.69) is 43.0 Å². The maximum atomic E-state index is 11.4. The highest BCUT2D eigenvalue weighted by Gasteiger charge is 2.24. The lowest BCUT2D eigenvalue weighted by atomic mass is 10.1. The average Bonchev–Trinajstić information content (AvgIpc) is 2.50. The lowest BCUT2D eigenvalue weighted by Crippen LogP contribution is -2.20. The van der Waals surface area contributed by atoms with E-state index in [4.69, 9.17) is 0 Å². The van der Waals surface area contributed by atoms with E-state index < -0.39 is 10.1 Å². The summed E-state index contributed by atoms with van der Waals surface area (Å²) in [6.07, 6.45) is 2.13. The van der Waals surface area contributed by atoms with Gasteiger partial charge in [-0.25, -0.2) is 0 Å². The standard InChI is InChI=1S/C18H19NO3S2/c1-4-19-15-7-5-13(9-12(2)3)10-18(15)23-17-8-6-14(11-16(17)19)24(20,21)22/h5-11H,4H2,1-3H3,(H,20,21,22). The normalized spacial score (nSPS) is 13.2. The number of nitrogens with zero attached hydrogens (tertiary/aromatic N) is 1. The largest absolute Gasteiger partial charge is 0.340 e. The summed E-state index contributed by atoms with van der Waals surface area (Å²) in [5.41, 5.74) is 4.24. The predicted octanol–water partition coefficient (Wildman–Crippen LogP) is 4.98. The van der Waals surface area contributed by atoms with Crippen molar-refractivity contribution in [3.05, 3.63) is 47.5 Å². The van der Waals surface area contributed by atoms with Gasteiger partial charge in [-0.3, -0.25) is 4.55 Å². The first-order valence-corrected chi connectivity index (χ1v) is 9.91. The van der Waals surface area contributed by atoms with Crippen molar-refractivity contribution >= 4 is 39.3 Å². The van der Waals surface area contributed by atoms with Gasteiger partial charge in [-0.05, 0) is 56.7 Å². The van der Waals surface area contributed by atoms with E-state index in [1.807, 2.05) is 6.92 Å². The molecule has 1 N–H and O–H groups in total. The molecule has 3 rings (SSSR count). The molecular formula is C18H19NO3S2. The van der Waals surface area contributed by atoms with Gasteiger partial charge >= 0.3 is 0 Å². The SMILES string of the molecule is CCN1c2ccc(C=C(C)C)cc2Sc2ccc(S(=O)(=O)O)cc21. The zero-order valence-corrected chi connectivity index (χ0v) is 15.4. The molecule has 24 heavy (non-hydrogen) atoms. The van der Waals surface area contributed by atoms with Crippen LogP contribution in [-0.2, 0) is 10.1 Å². The summed E-state index contributed by atoms with van der Waals surface area (Å²) in [6.45, 7) is 6.86. The van der Waals surface area contributed by atoms with Crippen LogP contribution >= 0.6 is 11.8 Å². The molecule has 0 unspecified atom stereocenters. The number of anilines is 2. The van der Waals surface area contributed by atoms with Crippen LogP contribution in [0.4, 0.5) is 11.4 Å². The molecule has 0 saturated carbocycles. The van der Waals surface area contributed by atoms with Crippen LogP contribution in [0.1, 0.15) is 26.3 Å². The second-order valence-corrected chi connectivity index (χ2v) is 8.41. The minimum absolute atomic E-state index is 0.0788. The van der Waals surface area contributed by atoms with Gasteiger partial charge in [-0.1, -0.05) is 29.5 Å². The molecule has 1 aliphatic heterocycles. The van der Waals surface area contributed by atoms with E-state index >= 15 is 0 Å². The third-order valence-corrected chi connectivity index (χ3v) is 5.75. The van der Waals surface area contributed by atoms with Crippen molar-refractivity contribution in [1.29, 1.82) is 0 Å². The maximum Gasteiger partial charge on any atom is 0.294 e. The van der Waals surface area contributed by atoms with Crippen LogP contribution in [0.25, 0.3) is 6.08 Å². The van der Waals surface area contributed by atoms with Crippen molar-refractivity contribution in [2.24, 2.45) is 0 Å². The molecule has 0 fully saturated rings. The molecule has 0 spiro atoms. The van der Waals surface area contributed by atoms with Crippen LogP contribution in [0.5, 0.6) is 0 Å². The number of rotatable bonds is 3. The summed E-state index contributed by atoms with van der Waals surface area (Å²) in [5.74, 6) is 0. The van der Waals surface area contributed by atoms with E-state index in [0.717, 1.165) is 26.7 Å². The molecule has 0 bridgehead atoms. The fraction of sp³-hybridized carbons (Fsp3) is 0.222. The van der Waals surface area contributed by atoms with Gasteiger partial charge in [-0.2, -0.15) is 8.42 Å². The van der Waals surface area contributed by atoms with Gasteiger partial charge in [0.2, 0.25) is 0 Å². The molecule has 0 radical (unpaired) electrons. The highest BCUT2D eigenvalue weighted by atomic mass is 32.2. The van der Waals surface area contributed by atoms with Crippen LogP contribution in [0.3, 0.4) is 0 Å². The van der Waals surface area contributed by atoms with Gasteiger partial charge in [0.15, 0.2) is 0 Å². The number of allylic oxidation sites excluding steroid dienone is 1. The Morgan fingerprint density at radius 3 is 2.50 bits per heavy atom. The Labute approximate surface area is 146 Å². The first-order valence-electron chi connectivity index (χ1n) is 7.65. The Kier molecular flexibility index (Phi) is 4.46. The van der Waals surface area contributed by atoms with Crippen molar-refractivity contribution in [2.75, 3.05) is 11.4 Å². The molecule has 6 heteroatoms. The maximum absolute atomic E-state index is 11.4. The summed E-state index contributed by atoms with van der Waals surface area (Å²) in [4.78, 5) is 4.11. The molecule has 4 nitrogen and oxygen atoms in total. The van der Waals surface area contributed by atoms with Gasteiger partial charge in [0.1, 0.15) is 0 Å². The monoisotopic (exact) mass is 361 g/mol. The average molecular weight is 361 g/mol. The lowest BCUT2D eigenvalue weighted by Gasteiger charge is -2.32. The Balaban J connectivity index is 2.12. The molecule has 0 aromatic heterocycles. The summed E-state index contributed by atoms with van der Waals surface area (Å²) in [6, 6.07) is 11.0. The van der Waals surface area contributed by atoms with Crippen molar-refractivity contribution in [3.63, 3.8) is 0 Å². The molecular weight excluding hydrogens is 342 g/mol. The van der Waals surface area contributed by atoms with Gasteiger partial charge < -0.3 is 4.90 Å². The third-order valence-electron chi connectivity index (χ3n) is 3.79. The highest BCUT2D eigenvalue weighted by Crippen LogP contribution is 2.48. The second kappa shape index (κ2) is 6.27. The zero-order valence-electron chi connectivity index (χ0n) is 13.8. The minimum atomic E-state index is -4.21. The van der Waals surface area contributed by atoms with Gasteiger partial charge in [-0.15, -0.1) is 0 Å². The molecule has 0 saturated heterocycles. The van der Waals surface area contributed by atoms with Crippen LogP contribution in [0.15, 0.2) is 56.7 Å². The molecule has 0 atom stereocenters. The van der Waals surface area contributed by atoms with Crippen molar-refractivity contribution in [3.8, 4) is 0 Å². The second-order valence-electron chi connectivity index (χ2n) is 5.90. The van der Waals surface area contributed by atoms with Crippen LogP contribution < -0.4 is 4.90 Å². The molecule has 2 aromatic rings. The molecule has 2 aromatic carbocycles. The molecule has 126 valence electrons. The first kappa shape index (κ1) is 17.1. The number of hydrogen-bond acceptors (Lipinski definition) is 4. The predicted molar refractivity (Wildman–Crippen MR) is 98.8 cm³/mol. The van der Waals surface area contributed by atoms with Gasteiger partial charge in [0.25, 0.3) is 10.1 Å². The Morgan fingerprint density at radius 2 is 1.88 bits per heavy atom. The van der Waals surface area contributed by atoms with Crippen LogP contribution in [0, 0.1) is 0 Å². The highest BCUT2D eigenvalue weighted by molar-refractivity contribution is 7.99. The minimum Gasteiger partial charge on any atom is -0.340 e. The smallest absolute Gasteiger partial charge is 0.294 e. The molecule has 0 amide bonds. The van der Waals surface area contributed by atoms with Gasteiger partial charge in [0.05, 0.1) is 16.3 Å². The Bertz CT molecular complexity index is 929. The Morgan fingerprint density at radius 1 is 1.12 bits per heavy atom. The fourth-order valence-corrected chi connectivity index (χ4v) is 4.43. The van der Waals surface area contributed by atoms with E-state index in [1.165, 1.54) is 17.7 Å². The molecule has 1 aliphatic rings. The topological polar surface area (TPSA) is 57.6 Å². The number of fused-ring (bicyclic) bond motifs is 2. The van der Waals surface area contributed by atoms with Crippen LogP contribution in [-0.4, -0.2) is 19.5 Å². The summed E-state index contributed by atoms with van der Waals surface area (Å²) >= 11 is 1.61. The fourth-order valence-electron chi connectivity index (χ4n) is 2.80. The first-order chi connectivity index (χ1) is 11.3. The van der Waals surface area contributed by atoms with Crippen molar-refractivity contribution in [2.45, 2.75) is 35.5 Å². The van der Waals surface area contributed by atoms with E-state index in [9.17, 15) is 13.0 Å². The quantitative estimate of drug-likeness (QED) is 0.782. The van der Waals surface area contributed by atoms with E-state index in [0.29, 0.717) is 6.54 Å². The zero-order chi connectivity index (χ0) is 17.5. The Hall–Kier alpha value is -1.76. The molecule has 0 aliphatic carbocycles. The molecule has 1 heterocycles. The van der Waals surface area contributed by atoms with Crippen molar-refractivity contribution < 1.29 is 13.0 Å². The van der Waals surface area contributed by atoms with Crippen molar-refractivity contribution in [1.82, 2.24) is 0 Å². The van der Waals surface area contributed by atoms with E-state index in [1.54, 1.807) is 17.8 Å².